The van der Waals surface area contributed by atoms with E-state index in [1.807, 2.05) is 0 Å². The Balaban J connectivity index is 2.11. The monoisotopic (exact) mass is 234 g/mol. The van der Waals surface area contributed by atoms with Gasteiger partial charge in [-0.1, -0.05) is 0 Å². The second kappa shape index (κ2) is 4.56. The van der Waals surface area contributed by atoms with Gasteiger partial charge in [-0.3, -0.25) is 4.68 Å². The van der Waals surface area contributed by atoms with Gasteiger partial charge in [-0.2, -0.15) is 5.10 Å². The molecule has 0 spiro atoms. The molecule has 0 atom stereocenters. The summed E-state index contributed by atoms with van der Waals surface area (Å²) < 4.78 is 1.56. The van der Waals surface area contributed by atoms with Crippen LogP contribution in [0, 0.1) is 0 Å². The molecule has 8 nitrogen and oxygen atoms in total. The topological polar surface area (TPSA) is 106 Å². The summed E-state index contributed by atoms with van der Waals surface area (Å²) in [7, 11) is 1.75. The third-order valence-electron chi connectivity index (χ3n) is 1.96. The van der Waals surface area contributed by atoms with Crippen LogP contribution in [0.25, 0.3) is 0 Å². The van der Waals surface area contributed by atoms with Gasteiger partial charge in [-0.15, -0.1) is 0 Å². The quantitative estimate of drug-likeness (QED) is 0.761. The molecule has 0 bridgehead atoms. The van der Waals surface area contributed by atoms with Gasteiger partial charge in [0.05, 0.1) is 6.54 Å². The lowest BCUT2D eigenvalue weighted by Crippen LogP contribution is -2.10. The number of carboxylic acids is 1. The Hall–Kier alpha value is -2.51. The molecule has 17 heavy (non-hydrogen) atoms. The highest BCUT2D eigenvalue weighted by Gasteiger charge is 2.12. The number of hydrogen-bond donors (Lipinski definition) is 2. The van der Waals surface area contributed by atoms with Crippen LogP contribution in [-0.4, -0.2) is 35.8 Å². The van der Waals surface area contributed by atoms with Gasteiger partial charge in [0.1, 0.15) is 6.33 Å². The lowest BCUT2D eigenvalue weighted by molar-refractivity contribution is 0.0691. The van der Waals surface area contributed by atoms with Crippen molar-refractivity contribution in [3.05, 3.63) is 30.2 Å². The van der Waals surface area contributed by atoms with Crippen molar-refractivity contribution < 1.29 is 9.90 Å². The van der Waals surface area contributed by atoms with Crippen LogP contribution < -0.4 is 5.32 Å². The average Bonchev–Trinajstić information content (AvgIpc) is 2.73. The zero-order chi connectivity index (χ0) is 12.3. The number of aromatic nitrogens is 5. The molecule has 88 valence electrons. The van der Waals surface area contributed by atoms with Crippen LogP contribution in [0.15, 0.2) is 18.7 Å². The lowest BCUT2D eigenvalue weighted by Gasteiger charge is -2.04. The smallest absolute Gasteiger partial charge is 0.358 e. The molecule has 0 aromatic carbocycles. The van der Waals surface area contributed by atoms with E-state index in [0.717, 1.165) is 0 Å². The van der Waals surface area contributed by atoms with E-state index in [4.69, 9.17) is 5.11 Å². The molecule has 0 saturated carbocycles. The molecule has 0 fully saturated rings. The van der Waals surface area contributed by atoms with E-state index in [-0.39, 0.29) is 11.5 Å². The van der Waals surface area contributed by atoms with Gasteiger partial charge in [0.15, 0.2) is 17.3 Å². The fourth-order valence-electron chi connectivity index (χ4n) is 1.25. The van der Waals surface area contributed by atoms with Crippen molar-refractivity contribution in [2.75, 3.05) is 5.32 Å². The van der Waals surface area contributed by atoms with Crippen LogP contribution in [0.4, 0.5) is 5.82 Å². The first-order valence-corrected chi connectivity index (χ1v) is 4.79. The molecule has 0 aliphatic heterocycles. The number of rotatable bonds is 4. The average molecular weight is 234 g/mol. The Labute approximate surface area is 96.4 Å². The standard InChI is InChI=1S/C9H10N6O2/c1-15-5-13-6(14-15)4-12-8-7(9(16)17)10-2-3-11-8/h2-3,5H,4H2,1H3,(H,11,12)(H,16,17). The zero-order valence-electron chi connectivity index (χ0n) is 9.03. The molecule has 0 radical (unpaired) electrons. The van der Waals surface area contributed by atoms with Gasteiger partial charge in [0.2, 0.25) is 0 Å². The van der Waals surface area contributed by atoms with Crippen molar-refractivity contribution in [2.24, 2.45) is 7.05 Å². The molecule has 2 aromatic heterocycles. The Morgan fingerprint density at radius 2 is 2.18 bits per heavy atom. The van der Waals surface area contributed by atoms with E-state index < -0.39 is 5.97 Å². The fraction of sp³-hybridized carbons (Fsp3) is 0.222. The highest BCUT2D eigenvalue weighted by Crippen LogP contribution is 2.08. The first-order valence-electron chi connectivity index (χ1n) is 4.79. The van der Waals surface area contributed by atoms with Gasteiger partial charge in [-0.25, -0.2) is 19.7 Å². The Morgan fingerprint density at radius 1 is 1.41 bits per heavy atom. The van der Waals surface area contributed by atoms with Crippen LogP contribution in [0.1, 0.15) is 16.3 Å². The number of aromatic carboxylic acids is 1. The van der Waals surface area contributed by atoms with Crippen molar-refractivity contribution in [3.8, 4) is 0 Å². The van der Waals surface area contributed by atoms with E-state index in [9.17, 15) is 4.79 Å². The largest absolute Gasteiger partial charge is 0.476 e. The summed E-state index contributed by atoms with van der Waals surface area (Å²) in [6.07, 6.45) is 4.31. The van der Waals surface area contributed by atoms with Crippen LogP contribution in [0.5, 0.6) is 0 Å². The zero-order valence-corrected chi connectivity index (χ0v) is 9.03. The van der Waals surface area contributed by atoms with Crippen LogP contribution >= 0.6 is 0 Å². The van der Waals surface area contributed by atoms with Crippen molar-refractivity contribution >= 4 is 11.8 Å². The third-order valence-corrected chi connectivity index (χ3v) is 1.96. The Bertz CT molecular complexity index is 538. The molecule has 0 aliphatic carbocycles. The summed E-state index contributed by atoms with van der Waals surface area (Å²) in [5, 5.41) is 15.8. The molecule has 0 unspecified atom stereocenters. The van der Waals surface area contributed by atoms with Gasteiger partial charge < -0.3 is 10.4 Å². The highest BCUT2D eigenvalue weighted by molar-refractivity contribution is 5.90. The first kappa shape index (κ1) is 11.0. The predicted octanol–water partition coefficient (Wildman–Crippen LogP) is -0.0846. The van der Waals surface area contributed by atoms with Crippen molar-refractivity contribution in [3.63, 3.8) is 0 Å². The normalized spacial score (nSPS) is 10.2. The summed E-state index contributed by atoms with van der Waals surface area (Å²) in [4.78, 5) is 22.5. The number of aryl methyl sites for hydroxylation is 1. The molecule has 2 aromatic rings. The summed E-state index contributed by atoms with van der Waals surface area (Å²) in [6, 6.07) is 0. The summed E-state index contributed by atoms with van der Waals surface area (Å²) in [5.41, 5.74) is -0.122. The van der Waals surface area contributed by atoms with Gasteiger partial charge in [0, 0.05) is 19.4 Å². The number of anilines is 1. The number of nitrogens with zero attached hydrogens (tertiary/aromatic N) is 5. The lowest BCUT2D eigenvalue weighted by atomic mass is 10.4. The molecule has 0 saturated heterocycles. The molecule has 2 N–H and O–H groups in total. The van der Waals surface area contributed by atoms with Gasteiger partial charge in [0.25, 0.3) is 0 Å². The minimum atomic E-state index is -1.13. The maximum atomic E-state index is 10.9. The molecule has 2 rings (SSSR count). The predicted molar refractivity (Wildman–Crippen MR) is 57.3 cm³/mol. The minimum absolute atomic E-state index is 0.122. The summed E-state index contributed by atoms with van der Waals surface area (Å²) in [6.45, 7) is 0.291. The van der Waals surface area contributed by atoms with Crippen LogP contribution in [0.2, 0.25) is 0 Å². The molecule has 2 heterocycles. The molecule has 0 amide bonds. The van der Waals surface area contributed by atoms with Crippen molar-refractivity contribution in [1.82, 2.24) is 24.7 Å². The third kappa shape index (κ3) is 2.54. The minimum Gasteiger partial charge on any atom is -0.476 e. The second-order valence-corrected chi connectivity index (χ2v) is 3.25. The van der Waals surface area contributed by atoms with E-state index in [1.54, 1.807) is 18.1 Å². The highest BCUT2D eigenvalue weighted by atomic mass is 16.4. The number of carbonyl (C=O) groups is 1. The van der Waals surface area contributed by atoms with E-state index in [2.05, 4.69) is 25.4 Å². The number of hydrogen-bond acceptors (Lipinski definition) is 6. The summed E-state index contributed by atoms with van der Waals surface area (Å²) >= 11 is 0. The summed E-state index contributed by atoms with van der Waals surface area (Å²) in [5.74, 6) is -0.378. The Kier molecular flexibility index (Phi) is 2.95. The maximum absolute atomic E-state index is 10.9. The second-order valence-electron chi connectivity index (χ2n) is 3.25. The van der Waals surface area contributed by atoms with E-state index >= 15 is 0 Å². The molecular weight excluding hydrogens is 224 g/mol. The number of carboxylic acid groups (broad SMARTS) is 1. The van der Waals surface area contributed by atoms with Crippen LogP contribution in [-0.2, 0) is 13.6 Å². The Morgan fingerprint density at radius 3 is 2.82 bits per heavy atom. The molecular formula is C9H10N6O2. The van der Waals surface area contributed by atoms with E-state index in [1.165, 1.54) is 12.4 Å². The number of nitrogens with one attached hydrogen (secondary N) is 1. The SMILES string of the molecule is Cn1cnc(CNc2nccnc2C(=O)O)n1. The molecule has 0 aliphatic rings. The molecule has 8 heteroatoms. The first-order chi connectivity index (χ1) is 8.16. The fourth-order valence-corrected chi connectivity index (χ4v) is 1.25. The van der Waals surface area contributed by atoms with Gasteiger partial charge in [-0.05, 0) is 0 Å². The van der Waals surface area contributed by atoms with E-state index in [0.29, 0.717) is 12.4 Å². The van der Waals surface area contributed by atoms with Crippen molar-refractivity contribution in [2.45, 2.75) is 6.54 Å². The van der Waals surface area contributed by atoms with Crippen LogP contribution in [0.3, 0.4) is 0 Å². The van der Waals surface area contributed by atoms with Gasteiger partial charge >= 0.3 is 5.97 Å². The maximum Gasteiger partial charge on any atom is 0.358 e. The van der Waals surface area contributed by atoms with Crippen molar-refractivity contribution in [1.29, 1.82) is 0 Å².